The van der Waals surface area contributed by atoms with Crippen molar-refractivity contribution in [3.8, 4) is 22.6 Å². The molecule has 7 nitrogen and oxygen atoms in total. The maximum atomic E-state index is 14.8. The lowest BCUT2D eigenvalue weighted by Crippen LogP contribution is -2.26. The predicted octanol–water partition coefficient (Wildman–Crippen LogP) is 7.15. The van der Waals surface area contributed by atoms with Crippen molar-refractivity contribution in [3.63, 3.8) is 0 Å². The van der Waals surface area contributed by atoms with Gasteiger partial charge < -0.3 is 19.3 Å². The Morgan fingerprint density at radius 2 is 1.87 bits per heavy atom. The van der Waals surface area contributed by atoms with E-state index in [1.807, 2.05) is 20.8 Å². The molecular formula is C27H20ClF3N2O5S. The minimum atomic E-state index is -4.00. The molecule has 2 heterocycles. The molecule has 3 aromatic carbocycles. The number of halogens is 4. The van der Waals surface area contributed by atoms with Crippen molar-refractivity contribution < 1.29 is 36.8 Å². The molecule has 0 radical (unpaired) electrons. The molecule has 2 N–H and O–H groups in total. The fourth-order valence-corrected chi connectivity index (χ4v) is 5.55. The molecule has 0 fully saturated rings. The van der Waals surface area contributed by atoms with Crippen LogP contribution in [0, 0.1) is 5.82 Å². The Hall–Kier alpha value is -3.83. The smallest absolute Gasteiger partial charge is 0.478 e. The first-order valence-corrected chi connectivity index (χ1v) is 13.0. The average Bonchev–Trinajstić information content (AvgIpc) is 3.17. The highest BCUT2D eigenvalue weighted by Gasteiger charge is 2.46. The van der Waals surface area contributed by atoms with E-state index in [0.29, 0.717) is 16.5 Å². The number of aromatic nitrogens is 1. The van der Waals surface area contributed by atoms with Gasteiger partial charge in [0.25, 0.3) is 0 Å². The molecule has 0 saturated carbocycles. The van der Waals surface area contributed by atoms with Crippen LogP contribution < -0.4 is 14.2 Å². The summed E-state index contributed by atoms with van der Waals surface area (Å²) >= 11 is 6.58. The number of alkyl halides is 2. The van der Waals surface area contributed by atoms with Crippen LogP contribution in [0.15, 0.2) is 59.6 Å². The van der Waals surface area contributed by atoms with Crippen LogP contribution in [0.1, 0.15) is 36.7 Å². The number of nitrogens with zero attached hydrogens (tertiary/aromatic N) is 1. The Bertz CT molecular complexity index is 1690. The first kappa shape index (κ1) is 26.8. The van der Waals surface area contributed by atoms with Crippen molar-refractivity contribution in [2.75, 3.05) is 4.72 Å². The number of rotatable bonds is 5. The topological polar surface area (TPSA) is 97.8 Å². The molecule has 1 aliphatic rings. The summed E-state index contributed by atoms with van der Waals surface area (Å²) in [4.78, 5) is 16.0. The summed E-state index contributed by atoms with van der Waals surface area (Å²) in [5.74, 6) is -2.64. The van der Waals surface area contributed by atoms with Crippen LogP contribution in [0.3, 0.4) is 0 Å². The molecule has 12 heteroatoms. The van der Waals surface area contributed by atoms with Crippen LogP contribution >= 0.6 is 11.6 Å². The van der Waals surface area contributed by atoms with Crippen LogP contribution in [-0.2, 0) is 16.4 Å². The SMILES string of the molecule is CC(C)(C)c1ccc(S(=O)Nc2cc3c(c(Cl)c2-c2ccc(C(=O)O)c4ncccc24)OC(F)(F)O3)cc1F. The van der Waals surface area contributed by atoms with Gasteiger partial charge in [0.05, 0.1) is 26.7 Å². The van der Waals surface area contributed by atoms with Gasteiger partial charge in [-0.15, -0.1) is 8.78 Å². The summed E-state index contributed by atoms with van der Waals surface area (Å²) in [6.45, 7) is 5.52. The van der Waals surface area contributed by atoms with E-state index in [9.17, 15) is 27.3 Å². The Morgan fingerprint density at radius 1 is 1.13 bits per heavy atom. The van der Waals surface area contributed by atoms with Gasteiger partial charge in [0, 0.05) is 23.2 Å². The van der Waals surface area contributed by atoms with Gasteiger partial charge in [-0.2, -0.15) is 0 Å². The number of pyridine rings is 1. The number of benzene rings is 3. The average molecular weight is 577 g/mol. The second-order valence-corrected chi connectivity index (χ2v) is 11.3. The number of nitrogens with one attached hydrogen (secondary N) is 1. The third-order valence-corrected chi connectivity index (χ3v) is 7.52. The summed E-state index contributed by atoms with van der Waals surface area (Å²) in [6.07, 6.45) is -2.59. The first-order valence-electron chi connectivity index (χ1n) is 11.5. The van der Waals surface area contributed by atoms with E-state index in [2.05, 4.69) is 19.2 Å². The van der Waals surface area contributed by atoms with Gasteiger partial charge in [-0.1, -0.05) is 50.6 Å². The highest BCUT2D eigenvalue weighted by atomic mass is 35.5. The molecule has 0 spiro atoms. The molecular weight excluding hydrogens is 557 g/mol. The normalized spacial score (nSPS) is 14.8. The zero-order valence-corrected chi connectivity index (χ0v) is 22.2. The zero-order chi connectivity index (χ0) is 28.3. The molecule has 0 saturated heterocycles. The minimum absolute atomic E-state index is 0.00748. The quantitative estimate of drug-likeness (QED) is 0.262. The van der Waals surface area contributed by atoms with Crippen molar-refractivity contribution in [1.82, 2.24) is 4.98 Å². The Labute approximate surface area is 228 Å². The highest BCUT2D eigenvalue weighted by Crippen LogP contribution is 2.53. The van der Waals surface area contributed by atoms with E-state index < -0.39 is 46.0 Å². The largest absolute Gasteiger partial charge is 0.586 e. The van der Waals surface area contributed by atoms with Gasteiger partial charge in [-0.3, -0.25) is 4.98 Å². The van der Waals surface area contributed by atoms with Crippen LogP contribution in [0.2, 0.25) is 5.02 Å². The Balaban J connectivity index is 1.68. The second-order valence-electron chi connectivity index (χ2n) is 9.74. The summed E-state index contributed by atoms with van der Waals surface area (Å²) < 4.78 is 68.0. The van der Waals surface area contributed by atoms with E-state index in [1.165, 1.54) is 30.5 Å². The zero-order valence-electron chi connectivity index (χ0n) is 20.6. The molecule has 0 aliphatic carbocycles. The van der Waals surface area contributed by atoms with Crippen molar-refractivity contribution in [2.24, 2.45) is 0 Å². The van der Waals surface area contributed by atoms with Crippen molar-refractivity contribution in [3.05, 3.63) is 76.7 Å². The Morgan fingerprint density at radius 3 is 2.54 bits per heavy atom. The van der Waals surface area contributed by atoms with Crippen molar-refractivity contribution in [2.45, 2.75) is 37.4 Å². The molecule has 0 bridgehead atoms. The monoisotopic (exact) mass is 576 g/mol. The number of fused-ring (bicyclic) bond motifs is 2. The molecule has 1 aliphatic heterocycles. The summed E-state index contributed by atoms with van der Waals surface area (Å²) in [6, 6.07) is 11.2. The maximum absolute atomic E-state index is 14.8. The van der Waals surface area contributed by atoms with Crippen LogP contribution in [0.4, 0.5) is 18.9 Å². The number of hydrogen-bond donors (Lipinski definition) is 2. The van der Waals surface area contributed by atoms with Crippen LogP contribution in [-0.4, -0.2) is 26.6 Å². The fourth-order valence-electron chi connectivity index (χ4n) is 4.33. The van der Waals surface area contributed by atoms with Gasteiger partial charge in [0.15, 0.2) is 11.5 Å². The number of carbonyl (C=O) groups is 1. The molecule has 1 unspecified atom stereocenters. The van der Waals surface area contributed by atoms with E-state index >= 15 is 0 Å². The second kappa shape index (κ2) is 9.42. The van der Waals surface area contributed by atoms with Crippen LogP contribution in [0.5, 0.6) is 11.5 Å². The lowest BCUT2D eigenvalue weighted by Gasteiger charge is -2.20. The standard InChI is InChI=1S/C27H20ClF3N2O5S/c1-26(2,3)17-9-6-13(11-18(17)29)39(36)33-19-12-20-24(38-27(30,31)37-20)22(28)21(19)14-7-8-16(25(34)35)23-15(14)5-4-10-32-23/h4-12,33H,1-3H3,(H,34,35). The minimum Gasteiger partial charge on any atom is -0.478 e. The third-order valence-electron chi connectivity index (χ3n) is 6.07. The van der Waals surface area contributed by atoms with Gasteiger partial charge in [0.1, 0.15) is 16.8 Å². The molecule has 0 amide bonds. The summed E-state index contributed by atoms with van der Waals surface area (Å²) in [7, 11) is -2.08. The number of anilines is 1. The number of aromatic carboxylic acids is 1. The van der Waals surface area contributed by atoms with Gasteiger partial charge in [-0.05, 0) is 40.8 Å². The van der Waals surface area contributed by atoms with Crippen LogP contribution in [0.25, 0.3) is 22.0 Å². The highest BCUT2D eigenvalue weighted by molar-refractivity contribution is 7.86. The van der Waals surface area contributed by atoms with Gasteiger partial charge >= 0.3 is 12.3 Å². The van der Waals surface area contributed by atoms with E-state index in [-0.39, 0.29) is 32.2 Å². The number of carboxylic acids is 1. The number of ether oxygens (including phenoxy) is 2. The maximum Gasteiger partial charge on any atom is 0.586 e. The molecule has 39 heavy (non-hydrogen) atoms. The molecule has 5 rings (SSSR count). The fraction of sp³-hybridized carbons (Fsp3) is 0.185. The van der Waals surface area contributed by atoms with Gasteiger partial charge in [-0.25, -0.2) is 13.4 Å². The van der Waals surface area contributed by atoms with Crippen molar-refractivity contribution >= 4 is 45.1 Å². The van der Waals surface area contributed by atoms with E-state index in [0.717, 1.165) is 12.1 Å². The summed E-state index contributed by atoms with van der Waals surface area (Å²) in [5.41, 5.74) is 0.327. The molecule has 4 aromatic rings. The lowest BCUT2D eigenvalue weighted by atomic mass is 9.87. The molecule has 1 aromatic heterocycles. The predicted molar refractivity (Wildman–Crippen MR) is 140 cm³/mol. The lowest BCUT2D eigenvalue weighted by molar-refractivity contribution is -0.286. The molecule has 202 valence electrons. The van der Waals surface area contributed by atoms with E-state index in [1.54, 1.807) is 12.1 Å². The van der Waals surface area contributed by atoms with Gasteiger partial charge in [0.2, 0.25) is 0 Å². The first-order chi connectivity index (χ1) is 18.3. The molecule has 1 atom stereocenters. The van der Waals surface area contributed by atoms with E-state index in [4.69, 9.17) is 11.6 Å². The Kier molecular flexibility index (Phi) is 6.47. The van der Waals surface area contributed by atoms with Crippen molar-refractivity contribution in [1.29, 1.82) is 0 Å². The number of carboxylic acid groups (broad SMARTS) is 1. The number of hydrogen-bond acceptors (Lipinski definition) is 5. The summed E-state index contributed by atoms with van der Waals surface area (Å²) in [5, 5.41) is 9.64. The third kappa shape index (κ3) is 4.87.